The Bertz CT molecular complexity index is 459. The first-order chi connectivity index (χ1) is 6.86. The van der Waals surface area contributed by atoms with Gasteiger partial charge in [0.05, 0.1) is 15.6 Å². The Balaban J connectivity index is 3.63. The molecule has 1 N–H and O–H groups in total. The van der Waals surface area contributed by atoms with Crippen LogP contribution < -0.4 is 0 Å². The minimum absolute atomic E-state index is 0.433. The van der Waals surface area contributed by atoms with Crippen LogP contribution in [0.25, 0.3) is 0 Å². The summed E-state index contributed by atoms with van der Waals surface area (Å²) in [4.78, 5) is 21.5. The highest BCUT2D eigenvalue weighted by Gasteiger charge is 2.23. The molecule has 0 aliphatic rings. The third kappa shape index (κ3) is 2.22. The summed E-state index contributed by atoms with van der Waals surface area (Å²) in [5.41, 5.74) is -1.11. The maximum atomic E-state index is 13.1. The molecule has 0 unspecified atom stereocenters. The lowest BCUT2D eigenvalue weighted by atomic mass is 10.1. The van der Waals surface area contributed by atoms with Crippen molar-refractivity contribution in [2.24, 2.45) is 0 Å². The fourth-order valence-electron chi connectivity index (χ4n) is 0.935. The molecule has 0 saturated heterocycles. The smallest absolute Gasteiger partial charge is 0.338 e. The molecule has 1 aromatic carbocycles. The second kappa shape index (κ2) is 4.35. The van der Waals surface area contributed by atoms with Gasteiger partial charge in [-0.05, 0) is 17.7 Å². The largest absolute Gasteiger partial charge is 0.478 e. The number of carbonyl (C=O) groups is 2. The Hall–Kier alpha value is -0.840. The number of hydrogen-bond acceptors (Lipinski definition) is 2. The van der Waals surface area contributed by atoms with Crippen LogP contribution in [0, 0.1) is 5.82 Å². The molecule has 0 bridgehead atoms. The lowest BCUT2D eigenvalue weighted by Crippen LogP contribution is -2.05. The van der Waals surface area contributed by atoms with Crippen molar-refractivity contribution in [1.29, 1.82) is 0 Å². The first-order valence-corrected chi connectivity index (χ1v) is 4.60. The summed E-state index contributed by atoms with van der Waals surface area (Å²) in [5.74, 6) is -2.61. The van der Waals surface area contributed by atoms with E-state index in [0.717, 1.165) is 0 Å². The average Bonchev–Trinajstić information content (AvgIpc) is 2.10. The van der Waals surface area contributed by atoms with E-state index in [1.807, 2.05) is 0 Å². The van der Waals surface area contributed by atoms with Crippen molar-refractivity contribution in [3.8, 4) is 0 Å². The summed E-state index contributed by atoms with van der Waals surface area (Å²) in [5, 5.41) is 6.49. The number of hydrogen-bond donors (Lipinski definition) is 1. The Kier molecular flexibility index (Phi) is 3.54. The molecule has 1 aromatic rings. The van der Waals surface area contributed by atoms with Crippen LogP contribution in [0.15, 0.2) is 6.07 Å². The van der Waals surface area contributed by atoms with Gasteiger partial charge in [0.1, 0.15) is 11.4 Å². The number of carbonyl (C=O) groups excluding carboxylic acids is 1. The highest BCUT2D eigenvalue weighted by Crippen LogP contribution is 2.31. The molecule has 0 aliphatic carbocycles. The van der Waals surface area contributed by atoms with Crippen LogP contribution in [0.2, 0.25) is 10.0 Å². The van der Waals surface area contributed by atoms with Gasteiger partial charge in [0.25, 0.3) is 5.24 Å². The van der Waals surface area contributed by atoms with Gasteiger partial charge < -0.3 is 5.11 Å². The van der Waals surface area contributed by atoms with Crippen LogP contribution in [0.4, 0.5) is 4.39 Å². The average molecular weight is 271 g/mol. The molecule has 7 heteroatoms. The Morgan fingerprint density at radius 3 is 2.20 bits per heavy atom. The first-order valence-electron chi connectivity index (χ1n) is 3.47. The summed E-state index contributed by atoms with van der Waals surface area (Å²) in [7, 11) is 0. The number of carboxylic acid groups (broad SMARTS) is 1. The van der Waals surface area contributed by atoms with E-state index in [2.05, 4.69) is 0 Å². The predicted octanol–water partition coefficient (Wildman–Crippen LogP) is 3.21. The summed E-state index contributed by atoms with van der Waals surface area (Å²) in [6.07, 6.45) is 0. The monoisotopic (exact) mass is 270 g/mol. The number of halogens is 4. The quantitative estimate of drug-likeness (QED) is 0.664. The van der Waals surface area contributed by atoms with Crippen LogP contribution >= 0.6 is 34.8 Å². The second-order valence-corrected chi connectivity index (χ2v) is 3.59. The molecule has 0 amide bonds. The van der Waals surface area contributed by atoms with Gasteiger partial charge in [-0.15, -0.1) is 0 Å². The van der Waals surface area contributed by atoms with Crippen molar-refractivity contribution in [3.63, 3.8) is 0 Å². The zero-order chi connectivity index (χ0) is 11.7. The lowest BCUT2D eigenvalue weighted by Gasteiger charge is -2.06. The van der Waals surface area contributed by atoms with Crippen molar-refractivity contribution < 1.29 is 19.1 Å². The Morgan fingerprint density at radius 1 is 1.27 bits per heavy atom. The van der Waals surface area contributed by atoms with E-state index >= 15 is 0 Å². The number of carboxylic acids is 1. The lowest BCUT2D eigenvalue weighted by molar-refractivity contribution is 0.0696. The topological polar surface area (TPSA) is 54.4 Å². The molecule has 0 fully saturated rings. The molecule has 0 saturated carbocycles. The van der Waals surface area contributed by atoms with Crippen molar-refractivity contribution in [2.75, 3.05) is 0 Å². The molecule has 0 aromatic heterocycles. The number of aromatic carboxylic acids is 1. The van der Waals surface area contributed by atoms with Crippen LogP contribution in [0.3, 0.4) is 0 Å². The van der Waals surface area contributed by atoms with Crippen LogP contribution in [-0.4, -0.2) is 16.3 Å². The summed E-state index contributed by atoms with van der Waals surface area (Å²) < 4.78 is 13.1. The molecular formula is C8H2Cl3FO3. The first kappa shape index (κ1) is 12.2. The van der Waals surface area contributed by atoms with Crippen molar-refractivity contribution >= 4 is 46.0 Å². The number of benzene rings is 1. The molecule has 1 rings (SSSR count). The highest BCUT2D eigenvalue weighted by atomic mass is 35.5. The molecule has 0 heterocycles. The van der Waals surface area contributed by atoms with E-state index in [9.17, 15) is 14.0 Å². The SMILES string of the molecule is O=C(Cl)c1cc(F)c(Cl)c(C(=O)O)c1Cl. The third-order valence-corrected chi connectivity index (χ3v) is 2.55. The van der Waals surface area contributed by atoms with Crippen molar-refractivity contribution in [1.82, 2.24) is 0 Å². The normalized spacial score (nSPS) is 10.1. The predicted molar refractivity (Wildman–Crippen MR) is 53.6 cm³/mol. The fraction of sp³-hybridized carbons (Fsp3) is 0. The van der Waals surface area contributed by atoms with Gasteiger partial charge in [-0.3, -0.25) is 4.79 Å². The van der Waals surface area contributed by atoms with Crippen LogP contribution in [-0.2, 0) is 0 Å². The molecule has 3 nitrogen and oxygen atoms in total. The summed E-state index contributed by atoms with van der Waals surface area (Å²) in [6, 6.07) is 0.687. The third-order valence-electron chi connectivity index (χ3n) is 1.58. The second-order valence-electron chi connectivity index (χ2n) is 2.49. The van der Waals surface area contributed by atoms with Crippen molar-refractivity contribution in [3.05, 3.63) is 33.1 Å². The van der Waals surface area contributed by atoms with E-state index in [1.165, 1.54) is 0 Å². The number of rotatable bonds is 2. The van der Waals surface area contributed by atoms with Gasteiger partial charge in [0.15, 0.2) is 0 Å². The fourth-order valence-corrected chi connectivity index (χ4v) is 1.73. The molecule has 15 heavy (non-hydrogen) atoms. The summed E-state index contributed by atoms with van der Waals surface area (Å²) in [6.45, 7) is 0. The van der Waals surface area contributed by atoms with Gasteiger partial charge in [0.2, 0.25) is 0 Å². The molecular weight excluding hydrogens is 269 g/mol. The van der Waals surface area contributed by atoms with Crippen LogP contribution in [0.1, 0.15) is 20.7 Å². The van der Waals surface area contributed by atoms with E-state index < -0.39 is 38.2 Å². The minimum atomic E-state index is -1.54. The maximum absolute atomic E-state index is 13.1. The van der Waals surface area contributed by atoms with Gasteiger partial charge in [0, 0.05) is 0 Å². The van der Waals surface area contributed by atoms with Gasteiger partial charge in [-0.1, -0.05) is 23.2 Å². The van der Waals surface area contributed by atoms with E-state index in [-0.39, 0.29) is 0 Å². The zero-order valence-electron chi connectivity index (χ0n) is 6.85. The Morgan fingerprint density at radius 2 is 1.80 bits per heavy atom. The zero-order valence-corrected chi connectivity index (χ0v) is 9.12. The van der Waals surface area contributed by atoms with E-state index in [0.29, 0.717) is 6.07 Å². The molecule has 0 spiro atoms. The van der Waals surface area contributed by atoms with Gasteiger partial charge >= 0.3 is 5.97 Å². The molecule has 80 valence electrons. The van der Waals surface area contributed by atoms with Crippen LogP contribution in [0.5, 0.6) is 0 Å². The standard InChI is InChI=1S/C8H2Cl3FO3/c9-5-2(7(11)13)1-3(12)6(10)4(5)8(14)15/h1H,(H,14,15). The van der Waals surface area contributed by atoms with E-state index in [1.54, 1.807) is 0 Å². The maximum Gasteiger partial charge on any atom is 0.338 e. The molecule has 0 radical (unpaired) electrons. The van der Waals surface area contributed by atoms with Gasteiger partial charge in [-0.2, -0.15) is 0 Å². The molecule has 0 aliphatic heterocycles. The minimum Gasteiger partial charge on any atom is -0.478 e. The molecule has 0 atom stereocenters. The highest BCUT2D eigenvalue weighted by molar-refractivity contribution is 6.69. The summed E-state index contributed by atoms with van der Waals surface area (Å²) >= 11 is 16.0. The van der Waals surface area contributed by atoms with Gasteiger partial charge in [-0.25, -0.2) is 9.18 Å². The van der Waals surface area contributed by atoms with E-state index in [4.69, 9.17) is 39.9 Å². The van der Waals surface area contributed by atoms with Crippen molar-refractivity contribution in [2.45, 2.75) is 0 Å². The Labute approximate surface area is 98.4 Å².